The zero-order chi connectivity index (χ0) is 25.1. The van der Waals surface area contributed by atoms with Crippen molar-refractivity contribution in [2.45, 2.75) is 0 Å². The molecule has 4 heteroatoms. The van der Waals surface area contributed by atoms with Crippen LogP contribution >= 0.6 is 11.3 Å². The number of hydrogen-bond donors (Lipinski definition) is 0. The van der Waals surface area contributed by atoms with Gasteiger partial charge in [0.1, 0.15) is 0 Å². The molecule has 3 nitrogen and oxygen atoms in total. The fourth-order valence-corrected chi connectivity index (χ4v) is 6.61. The van der Waals surface area contributed by atoms with Crippen molar-refractivity contribution in [1.29, 1.82) is 0 Å². The fourth-order valence-electron chi connectivity index (χ4n) is 5.46. The highest BCUT2D eigenvalue weighted by molar-refractivity contribution is 7.25. The normalized spacial score (nSPS) is 11.7. The molecule has 0 aliphatic rings. The highest BCUT2D eigenvalue weighted by Crippen LogP contribution is 2.37. The summed E-state index contributed by atoms with van der Waals surface area (Å²) in [7, 11) is 0. The number of thiophene rings is 1. The van der Waals surface area contributed by atoms with Crippen LogP contribution in [0.3, 0.4) is 0 Å². The SMILES string of the molecule is c1ccc(-c2cc(-c3ccc4c(c3)sc3ccccc34)nc(-n3c4ccccc4c4ccccc43)n2)cc1. The van der Waals surface area contributed by atoms with E-state index in [9.17, 15) is 0 Å². The zero-order valence-electron chi connectivity index (χ0n) is 20.4. The number of hydrogen-bond acceptors (Lipinski definition) is 3. The van der Waals surface area contributed by atoms with E-state index in [2.05, 4.69) is 126 Å². The molecule has 0 fully saturated rings. The molecule has 0 N–H and O–H groups in total. The van der Waals surface area contributed by atoms with Crippen molar-refractivity contribution in [3.05, 3.63) is 127 Å². The maximum atomic E-state index is 5.19. The molecule has 0 saturated carbocycles. The van der Waals surface area contributed by atoms with Gasteiger partial charge in [-0.3, -0.25) is 4.57 Å². The molecule has 3 aromatic heterocycles. The third-order valence-electron chi connectivity index (χ3n) is 7.24. The predicted octanol–water partition coefficient (Wildman–Crippen LogP) is 9.28. The first kappa shape index (κ1) is 21.3. The van der Waals surface area contributed by atoms with Gasteiger partial charge in [-0.05, 0) is 30.3 Å². The molecule has 0 spiro atoms. The molecule has 0 atom stereocenters. The lowest BCUT2D eigenvalue weighted by molar-refractivity contribution is 0.996. The third-order valence-corrected chi connectivity index (χ3v) is 8.37. The molecular weight excluding hydrogens is 482 g/mol. The average Bonchev–Trinajstić information content (AvgIpc) is 3.53. The first-order valence-electron chi connectivity index (χ1n) is 12.7. The maximum Gasteiger partial charge on any atom is 0.235 e. The van der Waals surface area contributed by atoms with Gasteiger partial charge in [-0.25, -0.2) is 9.97 Å². The van der Waals surface area contributed by atoms with Crippen molar-refractivity contribution in [2.24, 2.45) is 0 Å². The van der Waals surface area contributed by atoms with E-state index in [1.807, 2.05) is 17.4 Å². The minimum absolute atomic E-state index is 0.676. The van der Waals surface area contributed by atoms with Gasteiger partial charge in [0.25, 0.3) is 0 Å². The van der Waals surface area contributed by atoms with Crippen molar-refractivity contribution in [3.8, 4) is 28.5 Å². The van der Waals surface area contributed by atoms with Gasteiger partial charge >= 0.3 is 0 Å². The highest BCUT2D eigenvalue weighted by atomic mass is 32.1. The maximum absolute atomic E-state index is 5.19. The molecule has 8 aromatic rings. The Morgan fingerprint density at radius 2 is 1.03 bits per heavy atom. The summed E-state index contributed by atoms with van der Waals surface area (Å²) in [6.07, 6.45) is 0. The number of benzene rings is 5. The molecule has 38 heavy (non-hydrogen) atoms. The Morgan fingerprint density at radius 1 is 0.447 bits per heavy atom. The number of rotatable bonds is 3. The Morgan fingerprint density at radius 3 is 1.76 bits per heavy atom. The lowest BCUT2D eigenvalue weighted by Crippen LogP contribution is -2.03. The van der Waals surface area contributed by atoms with E-state index >= 15 is 0 Å². The Balaban J connectivity index is 1.41. The smallest absolute Gasteiger partial charge is 0.235 e. The summed E-state index contributed by atoms with van der Waals surface area (Å²) in [5.41, 5.74) is 6.18. The molecule has 5 aromatic carbocycles. The molecule has 0 radical (unpaired) electrons. The van der Waals surface area contributed by atoms with Crippen molar-refractivity contribution in [1.82, 2.24) is 14.5 Å². The highest BCUT2D eigenvalue weighted by Gasteiger charge is 2.17. The lowest BCUT2D eigenvalue weighted by atomic mass is 10.1. The van der Waals surface area contributed by atoms with E-state index in [0.717, 1.165) is 33.5 Å². The van der Waals surface area contributed by atoms with Crippen LogP contribution in [0.15, 0.2) is 127 Å². The van der Waals surface area contributed by atoms with Crippen molar-refractivity contribution < 1.29 is 0 Å². The largest absolute Gasteiger partial charge is 0.278 e. The average molecular weight is 504 g/mol. The van der Waals surface area contributed by atoms with Crippen molar-refractivity contribution >= 4 is 53.3 Å². The van der Waals surface area contributed by atoms with E-state index in [0.29, 0.717) is 5.95 Å². The van der Waals surface area contributed by atoms with Crippen molar-refractivity contribution in [3.63, 3.8) is 0 Å². The van der Waals surface area contributed by atoms with Crippen LogP contribution in [0.1, 0.15) is 0 Å². The van der Waals surface area contributed by atoms with E-state index in [1.165, 1.54) is 30.9 Å². The molecule has 178 valence electrons. The van der Waals surface area contributed by atoms with Gasteiger partial charge in [0, 0.05) is 42.1 Å². The predicted molar refractivity (Wildman–Crippen MR) is 160 cm³/mol. The van der Waals surface area contributed by atoms with Gasteiger partial charge in [0.15, 0.2) is 0 Å². The van der Waals surface area contributed by atoms with Crippen molar-refractivity contribution in [2.75, 3.05) is 0 Å². The summed E-state index contributed by atoms with van der Waals surface area (Å²) in [6, 6.07) is 44.8. The van der Waals surface area contributed by atoms with Crippen LogP contribution < -0.4 is 0 Å². The molecule has 3 heterocycles. The standard InChI is InChI=1S/C34H21N3S/c1-2-10-22(11-3-1)28-21-29(23-18-19-27-26-14-6-9-17-32(26)38-33(27)20-23)36-34(35-28)37-30-15-7-4-12-24(30)25-13-5-8-16-31(25)37/h1-21H. The number of para-hydroxylation sites is 2. The van der Waals surface area contributed by atoms with E-state index in [4.69, 9.17) is 9.97 Å². The van der Waals surface area contributed by atoms with Gasteiger partial charge < -0.3 is 0 Å². The second-order valence-electron chi connectivity index (χ2n) is 9.48. The quantitative estimate of drug-likeness (QED) is 0.240. The zero-order valence-corrected chi connectivity index (χ0v) is 21.2. The summed E-state index contributed by atoms with van der Waals surface area (Å²) in [5.74, 6) is 0.676. The topological polar surface area (TPSA) is 30.7 Å². The van der Waals surface area contributed by atoms with Crippen LogP contribution in [0, 0.1) is 0 Å². The summed E-state index contributed by atoms with van der Waals surface area (Å²) in [4.78, 5) is 10.3. The van der Waals surface area contributed by atoms with Gasteiger partial charge in [-0.2, -0.15) is 0 Å². The molecule has 0 bridgehead atoms. The van der Waals surface area contributed by atoms with Crippen LogP contribution in [0.25, 0.3) is 70.4 Å². The molecule has 8 rings (SSSR count). The number of fused-ring (bicyclic) bond motifs is 6. The van der Waals surface area contributed by atoms with Crippen LogP contribution in [-0.4, -0.2) is 14.5 Å². The molecule has 0 aliphatic carbocycles. The molecule has 0 aliphatic heterocycles. The number of aromatic nitrogens is 3. The Kier molecular flexibility index (Phi) is 4.69. The van der Waals surface area contributed by atoms with E-state index in [-0.39, 0.29) is 0 Å². The van der Waals surface area contributed by atoms with E-state index in [1.54, 1.807) is 0 Å². The molecule has 0 unspecified atom stereocenters. The summed E-state index contributed by atoms with van der Waals surface area (Å²) in [6.45, 7) is 0. The van der Waals surface area contributed by atoms with Gasteiger partial charge in [-0.15, -0.1) is 11.3 Å². The second kappa shape index (κ2) is 8.37. The third kappa shape index (κ3) is 3.28. The summed E-state index contributed by atoms with van der Waals surface area (Å²) in [5, 5.41) is 4.99. The number of nitrogens with zero attached hydrogens (tertiary/aromatic N) is 3. The Hall–Kier alpha value is -4.80. The molecule has 0 saturated heterocycles. The minimum atomic E-state index is 0.676. The van der Waals surface area contributed by atoms with E-state index < -0.39 is 0 Å². The Bertz CT molecular complexity index is 2080. The van der Waals surface area contributed by atoms with Crippen LogP contribution in [0.4, 0.5) is 0 Å². The minimum Gasteiger partial charge on any atom is -0.278 e. The molecular formula is C34H21N3S. The lowest BCUT2D eigenvalue weighted by Gasteiger charge is -2.12. The molecule has 0 amide bonds. The first-order chi connectivity index (χ1) is 18.8. The van der Waals surface area contributed by atoms with Gasteiger partial charge in [0.2, 0.25) is 5.95 Å². The second-order valence-corrected chi connectivity index (χ2v) is 10.6. The van der Waals surface area contributed by atoms with Crippen LogP contribution in [0.2, 0.25) is 0 Å². The van der Waals surface area contributed by atoms with Gasteiger partial charge in [0.05, 0.1) is 22.4 Å². The first-order valence-corrected chi connectivity index (χ1v) is 13.5. The summed E-state index contributed by atoms with van der Waals surface area (Å²) < 4.78 is 4.76. The van der Waals surface area contributed by atoms with Gasteiger partial charge in [-0.1, -0.05) is 97.1 Å². The Labute approximate surface area is 223 Å². The fraction of sp³-hybridized carbons (Fsp3) is 0. The monoisotopic (exact) mass is 503 g/mol. The van der Waals surface area contributed by atoms with Crippen LogP contribution in [-0.2, 0) is 0 Å². The van der Waals surface area contributed by atoms with Crippen LogP contribution in [0.5, 0.6) is 0 Å². The summed E-state index contributed by atoms with van der Waals surface area (Å²) >= 11 is 1.83.